The molecule has 1 aromatic carbocycles. The first-order valence-electron chi connectivity index (χ1n) is 6.19. The Hall–Kier alpha value is -0.930. The van der Waals surface area contributed by atoms with Crippen molar-refractivity contribution in [3.05, 3.63) is 35.6 Å². The highest BCUT2D eigenvalue weighted by Gasteiger charge is 2.11. The molecule has 0 aliphatic carbocycles. The Bertz CT molecular complexity index is 339. The third-order valence-corrected chi connectivity index (χ3v) is 2.80. The fraction of sp³-hybridized carbons (Fsp3) is 0.571. The van der Waals surface area contributed by atoms with E-state index in [1.54, 1.807) is 12.1 Å². The van der Waals surface area contributed by atoms with E-state index in [0.29, 0.717) is 11.5 Å². The predicted octanol–water partition coefficient (Wildman–Crippen LogP) is 2.80. The van der Waals surface area contributed by atoms with Crippen LogP contribution in [-0.4, -0.2) is 25.0 Å². The van der Waals surface area contributed by atoms with Crippen LogP contribution in [0.3, 0.4) is 0 Å². The van der Waals surface area contributed by atoms with Gasteiger partial charge in [0.05, 0.1) is 0 Å². The Kier molecular flexibility index (Phi) is 5.59. The summed E-state index contributed by atoms with van der Waals surface area (Å²) in [6.07, 6.45) is 0.782. The first-order valence-corrected chi connectivity index (χ1v) is 6.19. The molecule has 1 atom stereocenters. The third-order valence-electron chi connectivity index (χ3n) is 2.80. The van der Waals surface area contributed by atoms with Crippen LogP contribution in [0, 0.1) is 11.7 Å². The molecule has 0 spiro atoms. The van der Waals surface area contributed by atoms with Crippen LogP contribution in [-0.2, 0) is 0 Å². The van der Waals surface area contributed by atoms with Crippen molar-refractivity contribution in [2.24, 2.45) is 11.7 Å². The second-order valence-electron chi connectivity index (χ2n) is 5.07. The zero-order valence-electron chi connectivity index (χ0n) is 11.0. The number of halogens is 1. The van der Waals surface area contributed by atoms with Crippen LogP contribution in [0.25, 0.3) is 0 Å². The van der Waals surface area contributed by atoms with Crippen LogP contribution in [0.5, 0.6) is 0 Å². The average Bonchev–Trinajstić information content (AvgIpc) is 2.25. The Morgan fingerprint density at radius 1 is 1.29 bits per heavy atom. The topological polar surface area (TPSA) is 29.3 Å². The minimum absolute atomic E-state index is 0.202. The predicted molar refractivity (Wildman–Crippen MR) is 70.3 cm³/mol. The van der Waals surface area contributed by atoms with Gasteiger partial charge in [0, 0.05) is 18.2 Å². The fourth-order valence-corrected chi connectivity index (χ4v) is 2.01. The zero-order chi connectivity index (χ0) is 12.8. The monoisotopic (exact) mass is 238 g/mol. The van der Waals surface area contributed by atoms with E-state index in [-0.39, 0.29) is 11.9 Å². The van der Waals surface area contributed by atoms with E-state index < -0.39 is 0 Å². The van der Waals surface area contributed by atoms with Crippen LogP contribution in [0.2, 0.25) is 0 Å². The van der Waals surface area contributed by atoms with E-state index in [9.17, 15) is 4.39 Å². The van der Waals surface area contributed by atoms with Crippen molar-refractivity contribution in [3.63, 3.8) is 0 Å². The molecule has 0 fully saturated rings. The smallest absolute Gasteiger partial charge is 0.127 e. The molecule has 0 radical (unpaired) electrons. The second-order valence-corrected chi connectivity index (χ2v) is 5.07. The largest absolute Gasteiger partial charge is 0.324 e. The highest BCUT2D eigenvalue weighted by atomic mass is 19.1. The summed E-state index contributed by atoms with van der Waals surface area (Å²) in [5.74, 6) is 0.441. The molecular weight excluding hydrogens is 215 g/mol. The molecule has 0 amide bonds. The molecule has 1 aromatic rings. The highest BCUT2D eigenvalue weighted by Crippen LogP contribution is 2.17. The lowest BCUT2D eigenvalue weighted by Gasteiger charge is -2.21. The van der Waals surface area contributed by atoms with E-state index in [1.165, 1.54) is 6.07 Å². The maximum atomic E-state index is 13.5. The van der Waals surface area contributed by atoms with Gasteiger partial charge in [-0.2, -0.15) is 0 Å². The van der Waals surface area contributed by atoms with Crippen molar-refractivity contribution in [2.75, 3.05) is 20.1 Å². The summed E-state index contributed by atoms with van der Waals surface area (Å²) in [4.78, 5) is 2.24. The normalized spacial score (nSPS) is 13.4. The third kappa shape index (κ3) is 4.84. The zero-order valence-corrected chi connectivity index (χ0v) is 11.0. The Labute approximate surface area is 104 Å². The Morgan fingerprint density at radius 2 is 1.94 bits per heavy atom. The molecule has 2 nitrogen and oxygen atoms in total. The first-order chi connectivity index (χ1) is 8.00. The van der Waals surface area contributed by atoms with E-state index in [1.807, 2.05) is 6.07 Å². The minimum Gasteiger partial charge on any atom is -0.324 e. The van der Waals surface area contributed by atoms with E-state index >= 15 is 0 Å². The minimum atomic E-state index is -0.217. The van der Waals surface area contributed by atoms with E-state index in [2.05, 4.69) is 25.8 Å². The lowest BCUT2D eigenvalue weighted by molar-refractivity contribution is 0.283. The molecule has 1 unspecified atom stereocenters. The quantitative estimate of drug-likeness (QED) is 0.825. The van der Waals surface area contributed by atoms with Gasteiger partial charge in [0.15, 0.2) is 0 Å². The number of benzene rings is 1. The molecule has 0 aromatic heterocycles. The maximum absolute atomic E-state index is 13.5. The lowest BCUT2D eigenvalue weighted by atomic mass is 10.0. The molecule has 0 saturated heterocycles. The van der Waals surface area contributed by atoms with Gasteiger partial charge in [-0.05, 0) is 32.0 Å². The molecule has 3 heteroatoms. The van der Waals surface area contributed by atoms with Gasteiger partial charge in [0.1, 0.15) is 5.82 Å². The van der Waals surface area contributed by atoms with Crippen LogP contribution < -0.4 is 5.73 Å². The molecule has 0 saturated carbocycles. The lowest BCUT2D eigenvalue weighted by Crippen LogP contribution is -2.27. The number of hydrogen-bond acceptors (Lipinski definition) is 2. The van der Waals surface area contributed by atoms with Crippen LogP contribution in [0.1, 0.15) is 31.9 Å². The van der Waals surface area contributed by atoms with E-state index in [0.717, 1.165) is 19.5 Å². The summed E-state index contributed by atoms with van der Waals surface area (Å²) in [5.41, 5.74) is 6.62. The molecule has 2 N–H and O–H groups in total. The summed E-state index contributed by atoms with van der Waals surface area (Å²) >= 11 is 0. The van der Waals surface area contributed by atoms with Crippen molar-refractivity contribution in [1.82, 2.24) is 4.90 Å². The van der Waals surface area contributed by atoms with Crippen molar-refractivity contribution in [2.45, 2.75) is 26.3 Å². The molecule has 17 heavy (non-hydrogen) atoms. The number of nitrogens with two attached hydrogens (primary N) is 1. The Balaban J connectivity index is 2.45. The van der Waals surface area contributed by atoms with Gasteiger partial charge in [-0.15, -0.1) is 0 Å². The molecular formula is C14H23FN2. The van der Waals surface area contributed by atoms with Gasteiger partial charge >= 0.3 is 0 Å². The summed E-state index contributed by atoms with van der Waals surface area (Å²) in [7, 11) is 2.08. The summed E-state index contributed by atoms with van der Waals surface area (Å²) < 4.78 is 13.5. The van der Waals surface area contributed by atoms with Crippen molar-refractivity contribution >= 4 is 0 Å². The summed E-state index contributed by atoms with van der Waals surface area (Å²) in [6, 6.07) is 6.54. The molecule has 1 rings (SSSR count). The number of hydrogen-bond donors (Lipinski definition) is 1. The number of nitrogens with zero attached hydrogens (tertiary/aromatic N) is 1. The van der Waals surface area contributed by atoms with Gasteiger partial charge in [0.2, 0.25) is 0 Å². The van der Waals surface area contributed by atoms with Crippen LogP contribution in [0.4, 0.5) is 4.39 Å². The average molecular weight is 238 g/mol. The fourth-order valence-electron chi connectivity index (χ4n) is 2.01. The van der Waals surface area contributed by atoms with E-state index in [4.69, 9.17) is 5.73 Å². The van der Waals surface area contributed by atoms with Gasteiger partial charge in [-0.1, -0.05) is 32.0 Å². The number of rotatable bonds is 6. The van der Waals surface area contributed by atoms with Crippen molar-refractivity contribution in [3.8, 4) is 0 Å². The summed E-state index contributed by atoms with van der Waals surface area (Å²) in [5, 5.41) is 0. The van der Waals surface area contributed by atoms with Crippen LogP contribution >= 0.6 is 0 Å². The SMILES string of the molecule is CC(C)CN(C)CCC(N)c1ccccc1F. The molecule has 0 aliphatic rings. The van der Waals surface area contributed by atoms with Gasteiger partial charge in [-0.3, -0.25) is 0 Å². The van der Waals surface area contributed by atoms with Gasteiger partial charge < -0.3 is 10.6 Å². The molecule has 0 aliphatic heterocycles. The maximum Gasteiger partial charge on any atom is 0.127 e. The van der Waals surface area contributed by atoms with Crippen LogP contribution in [0.15, 0.2) is 24.3 Å². The Morgan fingerprint density at radius 3 is 2.53 bits per heavy atom. The van der Waals surface area contributed by atoms with Crippen molar-refractivity contribution in [1.29, 1.82) is 0 Å². The van der Waals surface area contributed by atoms with Gasteiger partial charge in [0.25, 0.3) is 0 Å². The molecule has 96 valence electrons. The standard InChI is InChI=1S/C14H23FN2/c1-11(2)10-17(3)9-8-14(16)12-6-4-5-7-13(12)15/h4-7,11,14H,8-10,16H2,1-3H3. The van der Waals surface area contributed by atoms with Crippen molar-refractivity contribution < 1.29 is 4.39 Å². The van der Waals surface area contributed by atoms with Gasteiger partial charge in [-0.25, -0.2) is 4.39 Å². The summed E-state index contributed by atoms with van der Waals surface area (Å²) in [6.45, 7) is 6.32. The second kappa shape index (κ2) is 6.72. The highest BCUT2D eigenvalue weighted by molar-refractivity contribution is 5.20. The molecule has 0 bridgehead atoms. The first kappa shape index (κ1) is 14.1. The molecule has 0 heterocycles.